The van der Waals surface area contributed by atoms with Gasteiger partial charge in [0.25, 0.3) is 10.0 Å². The second-order valence-corrected chi connectivity index (χ2v) is 10.3. The van der Waals surface area contributed by atoms with Crippen LogP contribution in [0.15, 0.2) is 71.6 Å². The lowest BCUT2D eigenvalue weighted by Crippen LogP contribution is -2.38. The average molecular weight is 471 g/mol. The molecule has 0 heterocycles. The Morgan fingerprint density at radius 2 is 1.59 bits per heavy atom. The molecule has 0 aliphatic heterocycles. The summed E-state index contributed by atoms with van der Waals surface area (Å²) < 4.78 is 28.1. The molecule has 0 saturated carbocycles. The van der Waals surface area contributed by atoms with Gasteiger partial charge in [-0.2, -0.15) is 0 Å². The second-order valence-electron chi connectivity index (χ2n) is 8.03. The van der Waals surface area contributed by atoms with Gasteiger partial charge < -0.3 is 5.32 Å². The largest absolute Gasteiger partial charge is 0.325 e. The van der Waals surface area contributed by atoms with E-state index in [1.54, 1.807) is 49.4 Å². The molecule has 3 aromatic carbocycles. The molecular weight excluding hydrogens is 444 g/mol. The molecule has 3 aromatic rings. The Morgan fingerprint density at radius 3 is 2.19 bits per heavy atom. The molecule has 0 saturated heterocycles. The normalized spacial score (nSPS) is 11.4. The van der Waals surface area contributed by atoms with Gasteiger partial charge in [-0.25, -0.2) is 8.42 Å². The summed E-state index contributed by atoms with van der Waals surface area (Å²) in [5.74, 6) is -0.0712. The van der Waals surface area contributed by atoms with Gasteiger partial charge in [0, 0.05) is 10.7 Å². The molecule has 168 valence electrons. The maximum atomic E-state index is 13.5. The highest BCUT2D eigenvalue weighted by Gasteiger charge is 2.28. The number of aryl methyl sites for hydroxylation is 1. The zero-order valence-electron chi connectivity index (χ0n) is 18.6. The number of carbonyl (C=O) groups excluding carboxylic acids is 1. The van der Waals surface area contributed by atoms with Crippen molar-refractivity contribution in [2.75, 3.05) is 16.2 Å². The number of anilines is 2. The van der Waals surface area contributed by atoms with Gasteiger partial charge in [-0.15, -0.1) is 0 Å². The smallest absolute Gasteiger partial charge is 0.264 e. The number of hydrogen-bond acceptors (Lipinski definition) is 3. The molecule has 1 amide bonds. The van der Waals surface area contributed by atoms with Crippen LogP contribution in [0.3, 0.4) is 0 Å². The topological polar surface area (TPSA) is 66.5 Å². The summed E-state index contributed by atoms with van der Waals surface area (Å²) in [6.45, 7) is 7.41. The molecule has 1 N–H and O–H groups in total. The Balaban J connectivity index is 1.94. The molecule has 0 aliphatic rings. The Kier molecular flexibility index (Phi) is 7.26. The van der Waals surface area contributed by atoms with Crippen molar-refractivity contribution in [3.8, 4) is 0 Å². The molecule has 0 spiro atoms. The van der Waals surface area contributed by atoms with Crippen molar-refractivity contribution in [1.82, 2.24) is 0 Å². The first-order valence-corrected chi connectivity index (χ1v) is 12.2. The van der Waals surface area contributed by atoms with Crippen molar-refractivity contribution in [3.05, 3.63) is 88.4 Å². The van der Waals surface area contributed by atoms with Crippen molar-refractivity contribution in [2.24, 2.45) is 0 Å². The standard InChI is InChI=1S/C25H27ClN2O3S/c1-17(2)20-10-12-21(13-11-20)27-25(29)16-28(24-7-5-6-23(26)19(24)4)32(30,31)22-14-8-18(3)9-15-22/h5-15,17H,16H2,1-4H3,(H,27,29). The second kappa shape index (κ2) is 9.76. The molecule has 32 heavy (non-hydrogen) atoms. The number of carbonyl (C=O) groups is 1. The third-order valence-electron chi connectivity index (χ3n) is 5.27. The van der Waals surface area contributed by atoms with E-state index in [2.05, 4.69) is 19.2 Å². The minimum atomic E-state index is -4.00. The first kappa shape index (κ1) is 23.8. The van der Waals surface area contributed by atoms with Gasteiger partial charge in [0.05, 0.1) is 10.6 Å². The molecular formula is C25H27ClN2O3S. The van der Waals surface area contributed by atoms with Crippen LogP contribution in [-0.4, -0.2) is 20.9 Å². The van der Waals surface area contributed by atoms with E-state index in [-0.39, 0.29) is 11.4 Å². The van der Waals surface area contributed by atoms with Crippen molar-refractivity contribution >= 4 is 38.9 Å². The highest BCUT2D eigenvalue weighted by Crippen LogP contribution is 2.31. The number of benzene rings is 3. The predicted molar refractivity (Wildman–Crippen MR) is 131 cm³/mol. The van der Waals surface area contributed by atoms with Crippen molar-refractivity contribution in [1.29, 1.82) is 0 Å². The average Bonchev–Trinajstić information content (AvgIpc) is 2.75. The summed E-state index contributed by atoms with van der Waals surface area (Å²) in [5.41, 5.74) is 3.65. The zero-order valence-corrected chi connectivity index (χ0v) is 20.2. The summed E-state index contributed by atoms with van der Waals surface area (Å²) in [6, 6.07) is 19.1. The van der Waals surface area contributed by atoms with Crippen LogP contribution >= 0.6 is 11.6 Å². The van der Waals surface area contributed by atoms with Gasteiger partial charge >= 0.3 is 0 Å². The molecule has 7 heteroatoms. The van der Waals surface area contributed by atoms with Crippen LogP contribution in [0, 0.1) is 13.8 Å². The van der Waals surface area contributed by atoms with Crippen molar-refractivity contribution < 1.29 is 13.2 Å². The number of nitrogens with one attached hydrogen (secondary N) is 1. The number of nitrogens with zero attached hydrogens (tertiary/aromatic N) is 1. The van der Waals surface area contributed by atoms with E-state index >= 15 is 0 Å². The van der Waals surface area contributed by atoms with Crippen LogP contribution < -0.4 is 9.62 Å². The van der Waals surface area contributed by atoms with Crippen LogP contribution in [0.2, 0.25) is 5.02 Å². The lowest BCUT2D eigenvalue weighted by atomic mass is 10.0. The summed E-state index contributed by atoms with van der Waals surface area (Å²) in [6.07, 6.45) is 0. The van der Waals surface area contributed by atoms with Crippen LogP contribution in [0.4, 0.5) is 11.4 Å². The maximum absolute atomic E-state index is 13.5. The third-order valence-corrected chi connectivity index (χ3v) is 7.45. The van der Waals surface area contributed by atoms with E-state index in [1.807, 2.05) is 31.2 Å². The fourth-order valence-corrected chi connectivity index (χ4v) is 4.93. The Labute approximate surface area is 195 Å². The maximum Gasteiger partial charge on any atom is 0.264 e. The Hall–Kier alpha value is -2.83. The van der Waals surface area contributed by atoms with E-state index in [0.29, 0.717) is 27.9 Å². The molecule has 0 unspecified atom stereocenters. The van der Waals surface area contributed by atoms with E-state index in [0.717, 1.165) is 15.4 Å². The molecule has 3 rings (SSSR count). The Morgan fingerprint density at radius 1 is 0.969 bits per heavy atom. The number of amides is 1. The molecule has 0 bridgehead atoms. The fraction of sp³-hybridized carbons (Fsp3) is 0.240. The number of halogens is 1. The quantitative estimate of drug-likeness (QED) is 0.466. The predicted octanol–water partition coefficient (Wildman–Crippen LogP) is 5.91. The van der Waals surface area contributed by atoms with E-state index in [9.17, 15) is 13.2 Å². The van der Waals surface area contributed by atoms with Crippen molar-refractivity contribution in [2.45, 2.75) is 38.5 Å². The van der Waals surface area contributed by atoms with Gasteiger partial charge in [0.2, 0.25) is 5.91 Å². The molecule has 0 fully saturated rings. The van der Waals surface area contributed by atoms with Gasteiger partial charge in [0.15, 0.2) is 0 Å². The van der Waals surface area contributed by atoms with Crippen LogP contribution in [0.1, 0.15) is 36.5 Å². The SMILES string of the molecule is Cc1ccc(S(=O)(=O)N(CC(=O)Nc2ccc(C(C)C)cc2)c2cccc(Cl)c2C)cc1. The first-order valence-electron chi connectivity index (χ1n) is 10.3. The van der Waals surface area contributed by atoms with Gasteiger partial charge in [-0.05, 0) is 67.3 Å². The fourth-order valence-electron chi connectivity index (χ4n) is 3.29. The highest BCUT2D eigenvalue weighted by atomic mass is 35.5. The van der Waals surface area contributed by atoms with E-state index in [4.69, 9.17) is 11.6 Å². The lowest BCUT2D eigenvalue weighted by Gasteiger charge is -2.26. The van der Waals surface area contributed by atoms with Gasteiger partial charge in [-0.3, -0.25) is 9.10 Å². The summed E-state index contributed by atoms with van der Waals surface area (Å²) >= 11 is 6.26. The molecule has 0 atom stereocenters. The minimum absolute atomic E-state index is 0.108. The first-order chi connectivity index (χ1) is 15.1. The van der Waals surface area contributed by atoms with E-state index in [1.165, 1.54) is 0 Å². The molecule has 5 nitrogen and oxygen atoms in total. The van der Waals surface area contributed by atoms with E-state index < -0.39 is 15.9 Å². The van der Waals surface area contributed by atoms with Crippen LogP contribution in [-0.2, 0) is 14.8 Å². The Bertz CT molecular complexity index is 1200. The number of rotatable bonds is 7. The van der Waals surface area contributed by atoms with Crippen LogP contribution in [0.5, 0.6) is 0 Å². The minimum Gasteiger partial charge on any atom is -0.325 e. The summed E-state index contributed by atoms with van der Waals surface area (Å²) in [7, 11) is -4.00. The monoisotopic (exact) mass is 470 g/mol. The number of sulfonamides is 1. The van der Waals surface area contributed by atoms with Crippen molar-refractivity contribution in [3.63, 3.8) is 0 Å². The zero-order chi connectivity index (χ0) is 23.5. The summed E-state index contributed by atoms with van der Waals surface area (Å²) in [5, 5.41) is 3.22. The molecule has 0 aromatic heterocycles. The number of hydrogen-bond donors (Lipinski definition) is 1. The summed E-state index contributed by atoms with van der Waals surface area (Å²) in [4.78, 5) is 13.0. The van der Waals surface area contributed by atoms with Gasteiger partial charge in [-0.1, -0.05) is 61.3 Å². The van der Waals surface area contributed by atoms with Crippen LogP contribution in [0.25, 0.3) is 0 Å². The highest BCUT2D eigenvalue weighted by molar-refractivity contribution is 7.92. The third kappa shape index (κ3) is 5.31. The lowest BCUT2D eigenvalue weighted by molar-refractivity contribution is -0.114. The molecule has 0 radical (unpaired) electrons. The van der Waals surface area contributed by atoms with Gasteiger partial charge in [0.1, 0.15) is 6.54 Å². The molecule has 0 aliphatic carbocycles.